The second-order valence-corrected chi connectivity index (χ2v) is 9.63. The number of ether oxygens (including phenoxy) is 2. The molecule has 0 aliphatic heterocycles. The number of aromatic nitrogens is 1. The Balaban J connectivity index is 1.29. The molecule has 4 nitrogen and oxygen atoms in total. The molecule has 2 aliphatic carbocycles. The van der Waals surface area contributed by atoms with Gasteiger partial charge in [-0.15, -0.1) is 0 Å². The first-order chi connectivity index (χ1) is 14.7. The number of rotatable bonds is 10. The maximum absolute atomic E-state index is 12.5. The highest BCUT2D eigenvalue weighted by Crippen LogP contribution is 2.38. The first-order valence-corrected chi connectivity index (χ1v) is 12.4. The molecule has 0 amide bonds. The molecule has 0 N–H and O–H groups in total. The van der Waals surface area contributed by atoms with E-state index in [1.165, 1.54) is 77.0 Å². The number of nitrogens with zero attached hydrogens (tertiary/aromatic N) is 1. The molecule has 0 spiro atoms. The fourth-order valence-corrected chi connectivity index (χ4v) is 5.40. The zero-order valence-electron chi connectivity index (χ0n) is 19.1. The van der Waals surface area contributed by atoms with Crippen LogP contribution in [0.15, 0.2) is 18.3 Å². The van der Waals surface area contributed by atoms with E-state index in [1.54, 1.807) is 25.4 Å². The molecule has 0 aromatic carbocycles. The molecular weight excluding hydrogens is 374 g/mol. The van der Waals surface area contributed by atoms with Gasteiger partial charge in [-0.3, -0.25) is 4.79 Å². The molecule has 0 saturated heterocycles. The molecule has 0 atom stereocenters. The predicted octanol–water partition coefficient (Wildman–Crippen LogP) is 6.97. The average molecular weight is 416 g/mol. The third-order valence-corrected chi connectivity index (χ3v) is 7.48. The third-order valence-electron chi connectivity index (χ3n) is 7.48. The summed E-state index contributed by atoms with van der Waals surface area (Å²) in [4.78, 5) is 16.6. The van der Waals surface area contributed by atoms with Crippen LogP contribution in [0.4, 0.5) is 0 Å². The van der Waals surface area contributed by atoms with E-state index in [-0.39, 0.29) is 11.9 Å². The Hall–Kier alpha value is -1.58. The van der Waals surface area contributed by atoms with Crippen LogP contribution >= 0.6 is 0 Å². The zero-order valence-corrected chi connectivity index (χ0v) is 19.1. The molecule has 2 aliphatic rings. The van der Waals surface area contributed by atoms with Crippen molar-refractivity contribution in [3.05, 3.63) is 18.3 Å². The monoisotopic (exact) mass is 415 g/mol. The second kappa shape index (κ2) is 12.3. The summed E-state index contributed by atoms with van der Waals surface area (Å²) in [6.45, 7) is 2.30. The van der Waals surface area contributed by atoms with Gasteiger partial charge in [0, 0.05) is 6.07 Å². The van der Waals surface area contributed by atoms with Gasteiger partial charge >= 0.3 is 5.97 Å². The molecule has 0 unspecified atom stereocenters. The van der Waals surface area contributed by atoms with Gasteiger partial charge in [-0.1, -0.05) is 71.1 Å². The van der Waals surface area contributed by atoms with Crippen LogP contribution in [0, 0.1) is 23.7 Å². The molecule has 0 radical (unpaired) electrons. The normalized spacial score (nSPS) is 26.9. The van der Waals surface area contributed by atoms with E-state index in [0.29, 0.717) is 11.6 Å². The molecule has 1 aromatic heterocycles. The van der Waals surface area contributed by atoms with Crippen LogP contribution in [-0.2, 0) is 4.79 Å². The fourth-order valence-electron chi connectivity index (χ4n) is 5.40. The largest absolute Gasteiger partial charge is 0.481 e. The smallest absolute Gasteiger partial charge is 0.314 e. The van der Waals surface area contributed by atoms with Gasteiger partial charge < -0.3 is 9.47 Å². The van der Waals surface area contributed by atoms with Gasteiger partial charge in [0.05, 0.1) is 19.2 Å². The Morgan fingerprint density at radius 2 is 1.50 bits per heavy atom. The molecule has 0 bridgehead atoms. The van der Waals surface area contributed by atoms with Crippen LogP contribution in [0.1, 0.15) is 96.8 Å². The summed E-state index contributed by atoms with van der Waals surface area (Å²) >= 11 is 0. The lowest BCUT2D eigenvalue weighted by molar-refractivity contribution is -0.140. The minimum Gasteiger partial charge on any atom is -0.481 e. The molecule has 3 rings (SSSR count). The highest BCUT2D eigenvalue weighted by Gasteiger charge is 2.29. The van der Waals surface area contributed by atoms with Crippen LogP contribution in [-0.4, -0.2) is 18.1 Å². The highest BCUT2D eigenvalue weighted by atomic mass is 16.5. The molecular formula is C26H41NO3. The Morgan fingerprint density at radius 1 is 0.900 bits per heavy atom. The summed E-state index contributed by atoms with van der Waals surface area (Å²) in [5.41, 5.74) is 0. The minimum atomic E-state index is -0.0955. The van der Waals surface area contributed by atoms with Gasteiger partial charge in [0.1, 0.15) is 5.75 Å². The van der Waals surface area contributed by atoms with Crippen LogP contribution in [0.2, 0.25) is 0 Å². The standard InChI is InChI=1S/C26H41NO3/c1-3-4-5-6-20-7-9-21(10-8-20)11-12-22-13-15-23(16-14-22)26(28)30-24-17-18-25(29-2)27-19-24/h17-23H,3-16H2,1-2H3. The number of pyridine rings is 1. The van der Waals surface area contributed by atoms with Crippen molar-refractivity contribution >= 4 is 5.97 Å². The van der Waals surface area contributed by atoms with Crippen molar-refractivity contribution < 1.29 is 14.3 Å². The number of methoxy groups -OCH3 is 1. The van der Waals surface area contributed by atoms with E-state index in [0.717, 1.165) is 30.6 Å². The first kappa shape index (κ1) is 23.1. The first-order valence-electron chi connectivity index (χ1n) is 12.4. The van der Waals surface area contributed by atoms with Crippen LogP contribution in [0.5, 0.6) is 11.6 Å². The molecule has 1 heterocycles. The summed E-state index contributed by atoms with van der Waals surface area (Å²) in [6.07, 6.45) is 20.1. The van der Waals surface area contributed by atoms with E-state index in [4.69, 9.17) is 9.47 Å². The maximum Gasteiger partial charge on any atom is 0.314 e. The predicted molar refractivity (Wildman–Crippen MR) is 121 cm³/mol. The fraction of sp³-hybridized carbons (Fsp3) is 0.769. The molecule has 2 saturated carbocycles. The van der Waals surface area contributed by atoms with Crippen molar-refractivity contribution in [1.82, 2.24) is 4.98 Å². The molecule has 4 heteroatoms. The van der Waals surface area contributed by atoms with Gasteiger partial charge in [0.2, 0.25) is 5.88 Å². The van der Waals surface area contributed by atoms with Crippen LogP contribution in [0.3, 0.4) is 0 Å². The molecule has 30 heavy (non-hydrogen) atoms. The Bertz CT molecular complexity index is 614. The number of carbonyl (C=O) groups excluding carboxylic acids is 1. The minimum absolute atomic E-state index is 0.0434. The Labute approximate surface area is 183 Å². The van der Waals surface area contributed by atoms with Crippen molar-refractivity contribution in [2.45, 2.75) is 96.8 Å². The number of unbranched alkanes of at least 4 members (excludes halogenated alkanes) is 2. The van der Waals surface area contributed by atoms with Gasteiger partial charge in [0.15, 0.2) is 0 Å². The molecule has 168 valence electrons. The lowest BCUT2D eigenvalue weighted by Gasteiger charge is -2.31. The van der Waals surface area contributed by atoms with Gasteiger partial charge in [-0.2, -0.15) is 0 Å². The number of esters is 1. The average Bonchev–Trinajstić information content (AvgIpc) is 2.79. The zero-order chi connectivity index (χ0) is 21.2. The summed E-state index contributed by atoms with van der Waals surface area (Å²) in [5, 5.41) is 0. The van der Waals surface area contributed by atoms with Crippen molar-refractivity contribution in [1.29, 1.82) is 0 Å². The van der Waals surface area contributed by atoms with Crippen molar-refractivity contribution in [2.24, 2.45) is 23.7 Å². The number of hydrogen-bond donors (Lipinski definition) is 0. The van der Waals surface area contributed by atoms with E-state index in [1.807, 2.05) is 0 Å². The van der Waals surface area contributed by atoms with Crippen molar-refractivity contribution in [3.63, 3.8) is 0 Å². The van der Waals surface area contributed by atoms with Crippen molar-refractivity contribution in [3.8, 4) is 11.6 Å². The Kier molecular flexibility index (Phi) is 9.48. The van der Waals surface area contributed by atoms with Crippen LogP contribution in [0.25, 0.3) is 0 Å². The number of carbonyl (C=O) groups is 1. The van der Waals surface area contributed by atoms with Gasteiger partial charge in [-0.25, -0.2) is 4.98 Å². The molecule has 2 fully saturated rings. The Morgan fingerprint density at radius 3 is 2.03 bits per heavy atom. The van der Waals surface area contributed by atoms with E-state index in [2.05, 4.69) is 11.9 Å². The topological polar surface area (TPSA) is 48.4 Å². The highest BCUT2D eigenvalue weighted by molar-refractivity contribution is 5.75. The summed E-state index contributed by atoms with van der Waals surface area (Å²) in [7, 11) is 1.58. The maximum atomic E-state index is 12.5. The number of hydrogen-bond acceptors (Lipinski definition) is 4. The lowest BCUT2D eigenvalue weighted by Crippen LogP contribution is -2.26. The SMILES string of the molecule is CCCCCC1CCC(CCC2CCC(C(=O)Oc3ccc(OC)nc3)CC2)CC1. The van der Waals surface area contributed by atoms with Crippen LogP contribution < -0.4 is 9.47 Å². The van der Waals surface area contributed by atoms with Crippen molar-refractivity contribution in [2.75, 3.05) is 7.11 Å². The quantitative estimate of drug-likeness (QED) is 0.306. The van der Waals surface area contributed by atoms with Gasteiger partial charge in [-0.05, 0) is 49.5 Å². The third kappa shape index (κ3) is 7.28. The van der Waals surface area contributed by atoms with E-state index in [9.17, 15) is 4.79 Å². The van der Waals surface area contributed by atoms with E-state index < -0.39 is 0 Å². The van der Waals surface area contributed by atoms with E-state index >= 15 is 0 Å². The van der Waals surface area contributed by atoms with Gasteiger partial charge in [0.25, 0.3) is 0 Å². The summed E-state index contributed by atoms with van der Waals surface area (Å²) in [5.74, 6) is 3.75. The molecule has 1 aromatic rings. The lowest BCUT2D eigenvalue weighted by atomic mass is 9.75. The summed E-state index contributed by atoms with van der Waals surface area (Å²) < 4.78 is 10.6. The summed E-state index contributed by atoms with van der Waals surface area (Å²) in [6, 6.07) is 3.46. The second-order valence-electron chi connectivity index (χ2n) is 9.63.